The number of ether oxygens (including phenoxy) is 2. The van der Waals surface area contributed by atoms with E-state index >= 15 is 0 Å². The third kappa shape index (κ3) is 3.91. The van der Waals surface area contributed by atoms with Crippen molar-refractivity contribution in [2.24, 2.45) is 0 Å². The third-order valence-electron chi connectivity index (χ3n) is 3.10. The van der Waals surface area contributed by atoms with Crippen molar-refractivity contribution in [1.82, 2.24) is 4.98 Å². The molecule has 112 valence electrons. The summed E-state index contributed by atoms with van der Waals surface area (Å²) in [6.07, 6.45) is 1.62. The number of rotatable bonds is 8. The smallest absolute Gasteiger partial charge is 0.339 e. The lowest BCUT2D eigenvalue weighted by molar-refractivity contribution is 0.0696. The van der Waals surface area contributed by atoms with E-state index in [9.17, 15) is 9.90 Å². The van der Waals surface area contributed by atoms with Gasteiger partial charge in [0.1, 0.15) is 11.4 Å². The highest BCUT2D eigenvalue weighted by Crippen LogP contribution is 2.23. The largest absolute Gasteiger partial charge is 0.478 e. The maximum absolute atomic E-state index is 11.5. The van der Waals surface area contributed by atoms with Gasteiger partial charge in [-0.25, -0.2) is 9.78 Å². The van der Waals surface area contributed by atoms with Crippen LogP contribution < -0.4 is 4.90 Å². The first kappa shape index (κ1) is 16.4. The molecule has 0 saturated carbocycles. The molecule has 1 aromatic rings. The molecule has 1 atom stereocenters. The summed E-state index contributed by atoms with van der Waals surface area (Å²) in [6.45, 7) is 5.26. The zero-order valence-corrected chi connectivity index (χ0v) is 12.4. The van der Waals surface area contributed by atoms with Gasteiger partial charge in [-0.05, 0) is 25.5 Å². The fraction of sp³-hybridized carbons (Fsp3) is 0.571. The number of pyridine rings is 1. The molecule has 1 aromatic heterocycles. The number of anilines is 1. The number of carbonyl (C=O) groups is 1. The summed E-state index contributed by atoms with van der Waals surface area (Å²) < 4.78 is 10.3. The monoisotopic (exact) mass is 282 g/mol. The number of carboxylic acids is 1. The summed E-state index contributed by atoms with van der Waals surface area (Å²) in [6, 6.07) is 1.70. The van der Waals surface area contributed by atoms with E-state index in [0.717, 1.165) is 0 Å². The Bertz CT molecular complexity index is 451. The van der Waals surface area contributed by atoms with E-state index in [2.05, 4.69) is 4.98 Å². The first-order chi connectivity index (χ1) is 9.52. The van der Waals surface area contributed by atoms with Crippen LogP contribution in [0, 0.1) is 6.92 Å². The molecule has 0 aromatic carbocycles. The first-order valence-electron chi connectivity index (χ1n) is 6.46. The first-order valence-corrected chi connectivity index (χ1v) is 6.46. The zero-order chi connectivity index (χ0) is 15.1. The minimum Gasteiger partial charge on any atom is -0.478 e. The highest BCUT2D eigenvalue weighted by Gasteiger charge is 2.23. The summed E-state index contributed by atoms with van der Waals surface area (Å²) in [4.78, 5) is 17.6. The Labute approximate surface area is 119 Å². The van der Waals surface area contributed by atoms with E-state index in [1.807, 2.05) is 11.8 Å². The van der Waals surface area contributed by atoms with Crippen LogP contribution in [-0.2, 0) is 9.47 Å². The van der Waals surface area contributed by atoms with E-state index in [-0.39, 0.29) is 11.6 Å². The molecule has 0 radical (unpaired) electrons. The topological polar surface area (TPSA) is 71.9 Å². The second-order valence-electron chi connectivity index (χ2n) is 4.62. The summed E-state index contributed by atoms with van der Waals surface area (Å²) in [5.74, 6) is -0.517. The SMILES string of the molecule is COCCN(c1nccc(C)c1C(=O)O)C(C)COC. The van der Waals surface area contributed by atoms with Crippen LogP contribution in [0.3, 0.4) is 0 Å². The molecule has 20 heavy (non-hydrogen) atoms. The van der Waals surface area contributed by atoms with Gasteiger partial charge in [0.2, 0.25) is 0 Å². The number of aromatic carboxylic acids is 1. The van der Waals surface area contributed by atoms with E-state index in [1.54, 1.807) is 33.4 Å². The molecule has 0 aliphatic rings. The maximum Gasteiger partial charge on any atom is 0.339 e. The van der Waals surface area contributed by atoms with Gasteiger partial charge in [-0.15, -0.1) is 0 Å². The normalized spacial score (nSPS) is 12.2. The molecule has 1 heterocycles. The quantitative estimate of drug-likeness (QED) is 0.780. The fourth-order valence-electron chi connectivity index (χ4n) is 2.08. The molecule has 0 aliphatic carbocycles. The molecule has 0 saturated heterocycles. The van der Waals surface area contributed by atoms with Crippen molar-refractivity contribution in [2.75, 3.05) is 38.9 Å². The lowest BCUT2D eigenvalue weighted by Gasteiger charge is -2.31. The molecule has 0 amide bonds. The van der Waals surface area contributed by atoms with Crippen LogP contribution in [0.15, 0.2) is 12.3 Å². The van der Waals surface area contributed by atoms with E-state index in [4.69, 9.17) is 9.47 Å². The van der Waals surface area contributed by atoms with E-state index < -0.39 is 5.97 Å². The minimum atomic E-state index is -0.974. The van der Waals surface area contributed by atoms with Gasteiger partial charge in [0.25, 0.3) is 0 Å². The zero-order valence-electron chi connectivity index (χ0n) is 12.4. The van der Waals surface area contributed by atoms with Crippen molar-refractivity contribution in [3.63, 3.8) is 0 Å². The molecule has 6 heteroatoms. The third-order valence-corrected chi connectivity index (χ3v) is 3.10. The molecule has 1 unspecified atom stereocenters. The fourth-order valence-corrected chi connectivity index (χ4v) is 2.08. The van der Waals surface area contributed by atoms with Crippen molar-refractivity contribution in [2.45, 2.75) is 19.9 Å². The Balaban J connectivity index is 3.18. The highest BCUT2D eigenvalue weighted by molar-refractivity contribution is 5.95. The number of carboxylic acid groups (broad SMARTS) is 1. The van der Waals surface area contributed by atoms with Gasteiger partial charge in [0.05, 0.1) is 19.3 Å². The van der Waals surface area contributed by atoms with Gasteiger partial charge < -0.3 is 19.5 Å². The predicted molar refractivity (Wildman–Crippen MR) is 76.5 cm³/mol. The van der Waals surface area contributed by atoms with Crippen LogP contribution in [0.2, 0.25) is 0 Å². The van der Waals surface area contributed by atoms with Crippen LogP contribution >= 0.6 is 0 Å². The molecule has 6 nitrogen and oxygen atoms in total. The second-order valence-corrected chi connectivity index (χ2v) is 4.62. The number of hydrogen-bond acceptors (Lipinski definition) is 5. The summed E-state index contributed by atoms with van der Waals surface area (Å²) in [5, 5.41) is 9.40. The van der Waals surface area contributed by atoms with E-state index in [0.29, 0.717) is 31.1 Å². The molecule has 1 N–H and O–H groups in total. The molecule has 0 spiro atoms. The van der Waals surface area contributed by atoms with Crippen molar-refractivity contribution in [3.8, 4) is 0 Å². The van der Waals surface area contributed by atoms with Gasteiger partial charge >= 0.3 is 5.97 Å². The number of aromatic nitrogens is 1. The van der Waals surface area contributed by atoms with E-state index in [1.165, 1.54) is 0 Å². The van der Waals surface area contributed by atoms with Crippen LogP contribution in [0.4, 0.5) is 5.82 Å². The van der Waals surface area contributed by atoms with Crippen molar-refractivity contribution >= 4 is 11.8 Å². The molecule has 0 fully saturated rings. The lowest BCUT2D eigenvalue weighted by atomic mass is 10.1. The summed E-state index contributed by atoms with van der Waals surface area (Å²) in [5.41, 5.74) is 0.918. The average molecular weight is 282 g/mol. The second kappa shape index (κ2) is 7.81. The average Bonchev–Trinajstić information content (AvgIpc) is 2.39. The molecule has 0 bridgehead atoms. The summed E-state index contributed by atoms with van der Waals surface area (Å²) >= 11 is 0. The highest BCUT2D eigenvalue weighted by atomic mass is 16.5. The van der Waals surface area contributed by atoms with Gasteiger partial charge in [0.15, 0.2) is 0 Å². The van der Waals surface area contributed by atoms with Gasteiger partial charge in [-0.2, -0.15) is 0 Å². The molecule has 1 rings (SSSR count). The number of methoxy groups -OCH3 is 2. The van der Waals surface area contributed by atoms with Gasteiger partial charge in [-0.3, -0.25) is 0 Å². The Kier molecular flexibility index (Phi) is 6.41. The van der Waals surface area contributed by atoms with Crippen molar-refractivity contribution in [3.05, 3.63) is 23.4 Å². The number of nitrogens with zero attached hydrogens (tertiary/aromatic N) is 2. The van der Waals surface area contributed by atoms with Gasteiger partial charge in [-0.1, -0.05) is 0 Å². The van der Waals surface area contributed by atoms with Gasteiger partial charge in [0, 0.05) is 27.0 Å². The van der Waals surface area contributed by atoms with Crippen molar-refractivity contribution < 1.29 is 19.4 Å². The Morgan fingerprint density at radius 3 is 2.70 bits per heavy atom. The molecule has 0 aliphatic heterocycles. The number of hydrogen-bond donors (Lipinski definition) is 1. The van der Waals surface area contributed by atoms with Crippen LogP contribution in [-0.4, -0.2) is 56.1 Å². The molecular formula is C14H22N2O4. The van der Waals surface area contributed by atoms with Crippen LogP contribution in [0.25, 0.3) is 0 Å². The Morgan fingerprint density at radius 2 is 2.15 bits per heavy atom. The maximum atomic E-state index is 11.5. The lowest BCUT2D eigenvalue weighted by Crippen LogP contribution is -2.40. The Morgan fingerprint density at radius 1 is 1.45 bits per heavy atom. The standard InChI is InChI=1S/C14H22N2O4/c1-10-5-6-15-13(12(10)14(17)18)16(7-8-19-3)11(2)9-20-4/h5-6,11H,7-9H2,1-4H3,(H,17,18). The summed E-state index contributed by atoms with van der Waals surface area (Å²) in [7, 11) is 3.23. The Hall–Kier alpha value is -1.66. The molecular weight excluding hydrogens is 260 g/mol. The predicted octanol–water partition coefficient (Wildman–Crippen LogP) is 1.58. The number of aryl methyl sites for hydroxylation is 1. The minimum absolute atomic E-state index is 0.00236. The van der Waals surface area contributed by atoms with Crippen LogP contribution in [0.5, 0.6) is 0 Å². The van der Waals surface area contributed by atoms with Crippen molar-refractivity contribution in [1.29, 1.82) is 0 Å². The van der Waals surface area contributed by atoms with Crippen LogP contribution in [0.1, 0.15) is 22.8 Å².